The van der Waals surface area contributed by atoms with Gasteiger partial charge < -0.3 is 10.2 Å². The van der Waals surface area contributed by atoms with Crippen LogP contribution in [0.15, 0.2) is 18.2 Å². The highest BCUT2D eigenvalue weighted by molar-refractivity contribution is 5.20. The van der Waals surface area contributed by atoms with Crippen LogP contribution < -0.4 is 5.32 Å². The molecule has 21 heavy (non-hydrogen) atoms. The van der Waals surface area contributed by atoms with Gasteiger partial charge in [-0.15, -0.1) is 0 Å². The van der Waals surface area contributed by atoms with Crippen LogP contribution in [-0.2, 0) is 6.42 Å². The summed E-state index contributed by atoms with van der Waals surface area (Å²) >= 11 is 0. The molecule has 0 spiro atoms. The minimum atomic E-state index is -0.357. The molecule has 2 saturated heterocycles. The topological polar surface area (TPSA) is 15.3 Å². The molecule has 3 atom stereocenters. The van der Waals surface area contributed by atoms with E-state index in [1.807, 2.05) is 7.05 Å². The number of nitrogens with zero attached hydrogens (tertiary/aromatic N) is 1. The van der Waals surface area contributed by atoms with Gasteiger partial charge in [-0.05, 0) is 75.9 Å². The van der Waals surface area contributed by atoms with E-state index in [0.29, 0.717) is 30.0 Å². The van der Waals surface area contributed by atoms with Gasteiger partial charge in [0.2, 0.25) is 0 Å². The van der Waals surface area contributed by atoms with Gasteiger partial charge >= 0.3 is 0 Å². The third kappa shape index (κ3) is 2.97. The van der Waals surface area contributed by atoms with Crippen molar-refractivity contribution in [2.45, 2.75) is 50.2 Å². The van der Waals surface area contributed by atoms with Crippen LogP contribution >= 0.6 is 0 Å². The van der Waals surface area contributed by atoms with Crippen molar-refractivity contribution in [2.24, 2.45) is 5.92 Å². The fourth-order valence-corrected chi connectivity index (χ4v) is 4.22. The van der Waals surface area contributed by atoms with Gasteiger partial charge in [-0.1, -0.05) is 0 Å². The van der Waals surface area contributed by atoms with Gasteiger partial charge in [0.1, 0.15) is 11.6 Å². The summed E-state index contributed by atoms with van der Waals surface area (Å²) in [7, 11) is 4.15. The molecule has 0 aromatic heterocycles. The zero-order valence-corrected chi connectivity index (χ0v) is 12.8. The SMILES string of the molecule is CNC(Cc1cc(F)ccc1F)C1CC2CCC(C1)N2C. The van der Waals surface area contributed by atoms with E-state index in [-0.39, 0.29) is 17.7 Å². The Hall–Kier alpha value is -1.00. The Balaban J connectivity index is 1.72. The number of hydrogen-bond donors (Lipinski definition) is 1. The molecule has 2 aliphatic rings. The molecule has 2 fully saturated rings. The van der Waals surface area contributed by atoms with Crippen LogP contribution in [0, 0.1) is 17.6 Å². The molecule has 0 aliphatic carbocycles. The lowest BCUT2D eigenvalue weighted by atomic mass is 9.82. The van der Waals surface area contributed by atoms with E-state index in [1.165, 1.54) is 31.0 Å². The van der Waals surface area contributed by atoms with E-state index in [0.717, 1.165) is 12.8 Å². The predicted molar refractivity (Wildman–Crippen MR) is 80.2 cm³/mol. The molecule has 2 aliphatic heterocycles. The molecule has 1 aromatic rings. The van der Waals surface area contributed by atoms with Crippen molar-refractivity contribution >= 4 is 0 Å². The van der Waals surface area contributed by atoms with Gasteiger partial charge in [-0.3, -0.25) is 0 Å². The van der Waals surface area contributed by atoms with E-state index in [1.54, 1.807) is 0 Å². The summed E-state index contributed by atoms with van der Waals surface area (Å²) in [6.07, 6.45) is 5.45. The van der Waals surface area contributed by atoms with Gasteiger partial charge in [0.25, 0.3) is 0 Å². The lowest BCUT2D eigenvalue weighted by Crippen LogP contribution is -2.47. The lowest BCUT2D eigenvalue weighted by Gasteiger charge is -2.40. The number of piperidine rings is 1. The summed E-state index contributed by atoms with van der Waals surface area (Å²) in [6.45, 7) is 0. The Morgan fingerprint density at radius 2 is 1.90 bits per heavy atom. The van der Waals surface area contributed by atoms with E-state index in [4.69, 9.17) is 0 Å². The first-order valence-corrected chi connectivity index (χ1v) is 7.91. The molecule has 0 amide bonds. The van der Waals surface area contributed by atoms with Crippen LogP contribution in [0.25, 0.3) is 0 Å². The van der Waals surface area contributed by atoms with Crippen LogP contribution in [0.1, 0.15) is 31.2 Å². The molecular formula is C17H24F2N2. The number of benzene rings is 1. The van der Waals surface area contributed by atoms with Crippen LogP contribution in [-0.4, -0.2) is 37.1 Å². The highest BCUT2D eigenvalue weighted by Gasteiger charge is 2.40. The van der Waals surface area contributed by atoms with Crippen molar-refractivity contribution in [1.82, 2.24) is 10.2 Å². The Labute approximate surface area is 125 Å². The summed E-state index contributed by atoms with van der Waals surface area (Å²) in [6, 6.07) is 5.31. The molecule has 1 aromatic carbocycles. The minimum absolute atomic E-state index is 0.220. The van der Waals surface area contributed by atoms with Crippen molar-refractivity contribution in [3.05, 3.63) is 35.4 Å². The number of rotatable bonds is 4. The molecule has 2 heterocycles. The zero-order valence-electron chi connectivity index (χ0n) is 12.8. The largest absolute Gasteiger partial charge is 0.316 e. The summed E-state index contributed by atoms with van der Waals surface area (Å²) in [4.78, 5) is 2.51. The Bertz CT molecular complexity index is 492. The number of hydrogen-bond acceptors (Lipinski definition) is 2. The first kappa shape index (κ1) is 14.9. The second-order valence-electron chi connectivity index (χ2n) is 6.62. The average Bonchev–Trinajstić information content (AvgIpc) is 2.69. The average molecular weight is 294 g/mol. The van der Waals surface area contributed by atoms with E-state index < -0.39 is 0 Å². The lowest BCUT2D eigenvalue weighted by molar-refractivity contribution is 0.114. The van der Waals surface area contributed by atoms with Crippen molar-refractivity contribution < 1.29 is 8.78 Å². The molecule has 116 valence electrons. The molecule has 2 bridgehead atoms. The fraction of sp³-hybridized carbons (Fsp3) is 0.647. The molecule has 3 rings (SSSR count). The maximum Gasteiger partial charge on any atom is 0.126 e. The van der Waals surface area contributed by atoms with Gasteiger partial charge in [0, 0.05) is 18.1 Å². The maximum atomic E-state index is 13.9. The highest BCUT2D eigenvalue weighted by atomic mass is 19.1. The van der Waals surface area contributed by atoms with Crippen molar-refractivity contribution in [3.63, 3.8) is 0 Å². The Kier molecular flexibility index (Phi) is 4.27. The molecule has 0 radical (unpaired) electrons. The predicted octanol–water partition coefficient (Wildman–Crippen LogP) is 2.97. The van der Waals surface area contributed by atoms with Gasteiger partial charge in [0.05, 0.1) is 0 Å². The third-order valence-corrected chi connectivity index (χ3v) is 5.52. The summed E-state index contributed by atoms with van der Waals surface area (Å²) in [5.41, 5.74) is 0.487. The highest BCUT2D eigenvalue weighted by Crippen LogP contribution is 2.39. The second kappa shape index (κ2) is 6.01. The van der Waals surface area contributed by atoms with Gasteiger partial charge in [0.15, 0.2) is 0 Å². The zero-order chi connectivity index (χ0) is 15.0. The molecule has 4 heteroatoms. The van der Waals surface area contributed by atoms with E-state index >= 15 is 0 Å². The fourth-order valence-electron chi connectivity index (χ4n) is 4.22. The molecule has 2 nitrogen and oxygen atoms in total. The van der Waals surface area contributed by atoms with Gasteiger partial charge in [-0.2, -0.15) is 0 Å². The maximum absolute atomic E-state index is 13.9. The summed E-state index contributed by atoms with van der Waals surface area (Å²) in [5, 5.41) is 3.34. The Morgan fingerprint density at radius 1 is 1.24 bits per heavy atom. The molecular weight excluding hydrogens is 270 g/mol. The van der Waals surface area contributed by atoms with Crippen LogP contribution in [0.3, 0.4) is 0 Å². The smallest absolute Gasteiger partial charge is 0.126 e. The van der Waals surface area contributed by atoms with E-state index in [9.17, 15) is 8.78 Å². The first-order valence-electron chi connectivity index (χ1n) is 7.91. The third-order valence-electron chi connectivity index (χ3n) is 5.52. The Morgan fingerprint density at radius 3 is 2.52 bits per heavy atom. The number of likely N-dealkylation sites (N-methyl/N-ethyl adjacent to an activating group) is 1. The second-order valence-corrected chi connectivity index (χ2v) is 6.62. The summed E-state index contributed by atoms with van der Waals surface area (Å²) in [5.74, 6) is -0.108. The molecule has 0 saturated carbocycles. The minimum Gasteiger partial charge on any atom is -0.316 e. The molecule has 3 unspecified atom stereocenters. The number of halogens is 2. The van der Waals surface area contributed by atoms with Crippen LogP contribution in [0.4, 0.5) is 8.78 Å². The molecule has 1 N–H and O–H groups in total. The van der Waals surface area contributed by atoms with Crippen LogP contribution in [0.2, 0.25) is 0 Å². The standard InChI is InChI=1S/C17H24F2N2/c1-20-17(10-11-7-13(18)3-6-16(11)19)12-8-14-4-5-15(9-12)21(14)2/h3,6-7,12,14-15,17,20H,4-5,8-10H2,1-2H3. The van der Waals surface area contributed by atoms with E-state index in [2.05, 4.69) is 17.3 Å². The van der Waals surface area contributed by atoms with Crippen molar-refractivity contribution in [3.8, 4) is 0 Å². The number of fused-ring (bicyclic) bond motifs is 2. The summed E-state index contributed by atoms with van der Waals surface area (Å²) < 4.78 is 27.2. The normalized spacial score (nSPS) is 30.6. The quantitative estimate of drug-likeness (QED) is 0.918. The first-order chi connectivity index (χ1) is 10.1. The number of nitrogens with one attached hydrogen (secondary N) is 1. The van der Waals surface area contributed by atoms with Crippen LogP contribution in [0.5, 0.6) is 0 Å². The van der Waals surface area contributed by atoms with Crippen molar-refractivity contribution in [1.29, 1.82) is 0 Å². The monoisotopic (exact) mass is 294 g/mol. The van der Waals surface area contributed by atoms with Gasteiger partial charge in [-0.25, -0.2) is 8.78 Å². The van der Waals surface area contributed by atoms with Crippen molar-refractivity contribution in [2.75, 3.05) is 14.1 Å².